The van der Waals surface area contributed by atoms with Gasteiger partial charge in [-0.3, -0.25) is 4.99 Å². The van der Waals surface area contributed by atoms with Gasteiger partial charge in [0, 0.05) is 35.4 Å². The van der Waals surface area contributed by atoms with Crippen LogP contribution in [0.15, 0.2) is 64.6 Å². The smallest absolute Gasteiger partial charge is 0.124 e. The summed E-state index contributed by atoms with van der Waals surface area (Å²) in [6.07, 6.45) is 4.13. The molecule has 2 heterocycles. The van der Waals surface area contributed by atoms with Gasteiger partial charge < -0.3 is 16.2 Å². The highest BCUT2D eigenvalue weighted by atomic mass is 16.3. The molecule has 1 aliphatic heterocycles. The van der Waals surface area contributed by atoms with Crippen molar-refractivity contribution in [1.82, 2.24) is 4.98 Å². The number of aromatic nitrogens is 1. The molecule has 136 valence electrons. The molecule has 0 bridgehead atoms. The Labute approximate surface area is 157 Å². The summed E-state index contributed by atoms with van der Waals surface area (Å²) in [5, 5.41) is 14.7. The molecule has 27 heavy (non-hydrogen) atoms. The van der Waals surface area contributed by atoms with Gasteiger partial charge in [0.1, 0.15) is 12.1 Å². The van der Waals surface area contributed by atoms with Crippen molar-refractivity contribution in [2.45, 2.75) is 18.5 Å². The van der Waals surface area contributed by atoms with E-state index in [2.05, 4.69) is 15.3 Å². The normalized spacial score (nSPS) is 16.7. The van der Waals surface area contributed by atoms with Gasteiger partial charge in [-0.15, -0.1) is 0 Å². The van der Waals surface area contributed by atoms with E-state index in [1.54, 1.807) is 18.5 Å². The molecule has 2 unspecified atom stereocenters. The minimum absolute atomic E-state index is 0.0581. The molecular weight excluding hydrogens is 338 g/mol. The lowest BCUT2D eigenvalue weighted by Crippen LogP contribution is -2.32. The molecule has 6 heteroatoms. The van der Waals surface area contributed by atoms with Crippen LogP contribution in [0.3, 0.4) is 0 Å². The molecule has 0 saturated heterocycles. The molecule has 0 fully saturated rings. The van der Waals surface area contributed by atoms with Crippen LogP contribution in [-0.2, 0) is 0 Å². The van der Waals surface area contributed by atoms with Crippen LogP contribution in [0.1, 0.15) is 6.42 Å². The summed E-state index contributed by atoms with van der Waals surface area (Å²) < 4.78 is 0. The van der Waals surface area contributed by atoms with Crippen LogP contribution in [0.5, 0.6) is 5.75 Å². The number of pyridine rings is 1. The van der Waals surface area contributed by atoms with Gasteiger partial charge in [0.2, 0.25) is 0 Å². The number of benzene rings is 2. The van der Waals surface area contributed by atoms with Crippen LogP contribution in [0.25, 0.3) is 22.2 Å². The Hall–Kier alpha value is -3.25. The Morgan fingerprint density at radius 3 is 2.74 bits per heavy atom. The van der Waals surface area contributed by atoms with Gasteiger partial charge in [-0.05, 0) is 30.7 Å². The molecule has 2 aromatic carbocycles. The number of hydrogen-bond donors (Lipinski definition) is 3. The fraction of sp³-hybridized carbons (Fsp3) is 0.190. The van der Waals surface area contributed by atoms with Crippen LogP contribution < -0.4 is 11.1 Å². The molecule has 4 rings (SSSR count). The average molecular weight is 359 g/mol. The van der Waals surface area contributed by atoms with Crippen LogP contribution in [0, 0.1) is 0 Å². The molecular formula is C21H21N5O. The van der Waals surface area contributed by atoms with Crippen molar-refractivity contribution in [1.29, 1.82) is 0 Å². The predicted molar refractivity (Wildman–Crippen MR) is 111 cm³/mol. The third kappa shape index (κ3) is 3.80. The maximum atomic E-state index is 10.2. The average Bonchev–Trinajstić information content (AvgIpc) is 3.19. The molecule has 0 radical (unpaired) electrons. The number of para-hydroxylation sites is 2. The van der Waals surface area contributed by atoms with Crippen LogP contribution in [-0.4, -0.2) is 41.3 Å². The van der Waals surface area contributed by atoms with E-state index in [1.165, 1.54) is 0 Å². The monoisotopic (exact) mass is 359 g/mol. The lowest BCUT2D eigenvalue weighted by Gasteiger charge is -2.17. The number of rotatable bonds is 6. The van der Waals surface area contributed by atoms with Crippen molar-refractivity contribution in [3.63, 3.8) is 0 Å². The Kier molecular flexibility index (Phi) is 4.80. The third-order valence-corrected chi connectivity index (χ3v) is 4.58. The summed E-state index contributed by atoms with van der Waals surface area (Å²) in [6.45, 7) is 0.605. The Morgan fingerprint density at radius 2 is 1.93 bits per heavy atom. The first-order valence-electron chi connectivity index (χ1n) is 8.93. The number of phenols is 1. The highest BCUT2D eigenvalue weighted by Crippen LogP contribution is 2.32. The largest absolute Gasteiger partial charge is 0.507 e. The fourth-order valence-corrected chi connectivity index (χ4v) is 3.21. The molecule has 0 spiro atoms. The van der Waals surface area contributed by atoms with E-state index in [9.17, 15) is 5.11 Å². The van der Waals surface area contributed by atoms with E-state index in [-0.39, 0.29) is 17.8 Å². The second-order valence-corrected chi connectivity index (χ2v) is 6.60. The second kappa shape index (κ2) is 7.55. The quantitative estimate of drug-likeness (QED) is 0.630. The molecule has 6 nitrogen and oxygen atoms in total. The Balaban J connectivity index is 1.61. The van der Waals surface area contributed by atoms with Gasteiger partial charge in [0.15, 0.2) is 0 Å². The van der Waals surface area contributed by atoms with Gasteiger partial charge in [0.25, 0.3) is 0 Å². The van der Waals surface area contributed by atoms with E-state index in [0.29, 0.717) is 12.1 Å². The first-order valence-corrected chi connectivity index (χ1v) is 8.93. The Morgan fingerprint density at radius 1 is 1.11 bits per heavy atom. The molecule has 0 amide bonds. The minimum Gasteiger partial charge on any atom is -0.507 e. The second-order valence-electron chi connectivity index (χ2n) is 6.60. The summed E-state index contributed by atoms with van der Waals surface area (Å²) in [5.41, 5.74) is 9.49. The maximum Gasteiger partial charge on any atom is 0.124 e. The number of nitrogens with one attached hydrogen (secondary N) is 1. The number of phenolic OH excluding ortho intramolecular Hbond substituents is 1. The first kappa shape index (κ1) is 17.2. The van der Waals surface area contributed by atoms with E-state index < -0.39 is 0 Å². The number of nitrogens with two attached hydrogens (primary N) is 1. The Bertz CT molecular complexity index is 1000. The van der Waals surface area contributed by atoms with Crippen LogP contribution >= 0.6 is 0 Å². The number of hydrogen-bond acceptors (Lipinski definition) is 6. The number of nitrogens with zero attached hydrogens (tertiary/aromatic N) is 3. The van der Waals surface area contributed by atoms with Crippen molar-refractivity contribution in [3.05, 3.63) is 54.6 Å². The fourth-order valence-electron chi connectivity index (χ4n) is 3.21. The summed E-state index contributed by atoms with van der Waals surface area (Å²) >= 11 is 0. The van der Waals surface area contributed by atoms with Crippen LogP contribution in [0.4, 0.5) is 5.69 Å². The van der Waals surface area contributed by atoms with Crippen molar-refractivity contribution >= 4 is 29.1 Å². The topological polar surface area (TPSA) is 95.9 Å². The SMILES string of the molecule is NC(CNc1cc(-c2ccccc2O)nc2ccccc12)CC1C=NC=N1. The number of aliphatic imine (C=N–C) groups is 2. The highest BCUT2D eigenvalue weighted by molar-refractivity contribution is 5.94. The predicted octanol–water partition coefficient (Wildman–Crippen LogP) is 3.22. The van der Waals surface area contributed by atoms with Crippen molar-refractivity contribution < 1.29 is 5.11 Å². The van der Waals surface area contributed by atoms with Gasteiger partial charge in [0.05, 0.1) is 17.3 Å². The lowest BCUT2D eigenvalue weighted by atomic mass is 10.1. The van der Waals surface area contributed by atoms with Crippen molar-refractivity contribution in [2.24, 2.45) is 15.7 Å². The number of anilines is 1. The molecule has 0 saturated carbocycles. The van der Waals surface area contributed by atoms with Gasteiger partial charge in [-0.1, -0.05) is 30.3 Å². The van der Waals surface area contributed by atoms with E-state index >= 15 is 0 Å². The zero-order valence-corrected chi connectivity index (χ0v) is 14.8. The maximum absolute atomic E-state index is 10.2. The summed E-state index contributed by atoms with van der Waals surface area (Å²) in [6, 6.07) is 17.1. The third-order valence-electron chi connectivity index (χ3n) is 4.58. The van der Waals surface area contributed by atoms with Gasteiger partial charge in [-0.25, -0.2) is 9.98 Å². The molecule has 0 aliphatic carbocycles. The van der Waals surface area contributed by atoms with Crippen molar-refractivity contribution in [3.8, 4) is 17.0 Å². The van der Waals surface area contributed by atoms with E-state index in [0.717, 1.165) is 28.7 Å². The number of aromatic hydroxyl groups is 1. The number of fused-ring (bicyclic) bond motifs is 1. The van der Waals surface area contributed by atoms with Gasteiger partial charge >= 0.3 is 0 Å². The molecule has 1 aliphatic rings. The van der Waals surface area contributed by atoms with Crippen molar-refractivity contribution in [2.75, 3.05) is 11.9 Å². The van der Waals surface area contributed by atoms with Crippen LogP contribution in [0.2, 0.25) is 0 Å². The zero-order chi connectivity index (χ0) is 18.6. The molecule has 1 aromatic heterocycles. The van der Waals surface area contributed by atoms with E-state index in [1.807, 2.05) is 48.7 Å². The zero-order valence-electron chi connectivity index (χ0n) is 14.8. The molecule has 4 N–H and O–H groups in total. The minimum atomic E-state index is -0.0581. The lowest BCUT2D eigenvalue weighted by molar-refractivity contribution is 0.477. The molecule has 3 aromatic rings. The highest BCUT2D eigenvalue weighted by Gasteiger charge is 2.14. The summed E-state index contributed by atoms with van der Waals surface area (Å²) in [5.74, 6) is 0.210. The standard InChI is InChI=1S/C21H21N5O/c22-14(9-15-12-23-13-25-15)11-24-19-10-20(17-6-2-4-8-21(17)27)26-18-7-3-1-5-16(18)19/h1-8,10,12-15,27H,9,11,22H2,(H,24,26). The molecule has 2 atom stereocenters. The van der Waals surface area contributed by atoms with Gasteiger partial charge in [-0.2, -0.15) is 0 Å². The first-order chi connectivity index (χ1) is 13.2. The summed E-state index contributed by atoms with van der Waals surface area (Å²) in [4.78, 5) is 13.0. The van der Waals surface area contributed by atoms with E-state index in [4.69, 9.17) is 10.7 Å². The summed E-state index contributed by atoms with van der Waals surface area (Å²) in [7, 11) is 0.